The van der Waals surface area contributed by atoms with Gasteiger partial charge in [-0.25, -0.2) is 0 Å². The zero-order valence-corrected chi connectivity index (χ0v) is 18.6. The lowest BCUT2D eigenvalue weighted by Crippen LogP contribution is -1.95. The van der Waals surface area contributed by atoms with Crippen LogP contribution < -0.4 is 28.4 Å². The highest BCUT2D eigenvalue weighted by atomic mass is 16.5. The van der Waals surface area contributed by atoms with Gasteiger partial charge >= 0.3 is 0 Å². The van der Waals surface area contributed by atoms with Crippen LogP contribution in [-0.2, 0) is 0 Å². The number of hydrogen-bond donors (Lipinski definition) is 0. The van der Waals surface area contributed by atoms with Crippen molar-refractivity contribution in [2.45, 2.75) is 0 Å². The Labute approximate surface area is 192 Å². The van der Waals surface area contributed by atoms with Crippen molar-refractivity contribution in [3.05, 3.63) is 91.0 Å². The molecule has 0 heterocycles. The van der Waals surface area contributed by atoms with Crippen LogP contribution in [0.15, 0.2) is 91.0 Å². The fraction of sp³-hybridized carbons (Fsp3) is 0.111. The average molecular weight is 444 g/mol. The smallest absolute Gasteiger partial charge is 0.212 e. The SMILES string of the molecule is COc1cccc(Oc2cccc(Oc3cccc(OC)c3)c2Oc2cccc(OC)c2)c1. The van der Waals surface area contributed by atoms with Gasteiger partial charge in [0.05, 0.1) is 21.3 Å². The number of para-hydroxylation sites is 1. The molecule has 0 aliphatic carbocycles. The lowest BCUT2D eigenvalue weighted by atomic mass is 10.2. The molecule has 4 aromatic carbocycles. The summed E-state index contributed by atoms with van der Waals surface area (Å²) < 4.78 is 34.5. The van der Waals surface area contributed by atoms with Gasteiger partial charge in [-0.15, -0.1) is 0 Å². The van der Waals surface area contributed by atoms with E-state index in [0.29, 0.717) is 51.7 Å². The Morgan fingerprint density at radius 2 is 0.727 bits per heavy atom. The first-order valence-corrected chi connectivity index (χ1v) is 10.3. The molecule has 6 heteroatoms. The molecule has 0 bridgehead atoms. The Morgan fingerprint density at radius 1 is 0.394 bits per heavy atom. The van der Waals surface area contributed by atoms with Crippen LogP contribution in [0.4, 0.5) is 0 Å². The van der Waals surface area contributed by atoms with Crippen LogP contribution in [0.25, 0.3) is 0 Å². The quantitative estimate of drug-likeness (QED) is 0.275. The van der Waals surface area contributed by atoms with Crippen LogP contribution in [0.3, 0.4) is 0 Å². The van der Waals surface area contributed by atoms with Crippen molar-refractivity contribution in [1.29, 1.82) is 0 Å². The molecule has 0 aromatic heterocycles. The minimum Gasteiger partial charge on any atom is -0.497 e. The molecule has 0 amide bonds. The van der Waals surface area contributed by atoms with E-state index in [1.54, 1.807) is 39.5 Å². The summed E-state index contributed by atoms with van der Waals surface area (Å²) in [5.41, 5.74) is 0. The van der Waals surface area contributed by atoms with Crippen LogP contribution in [0.2, 0.25) is 0 Å². The molecule has 0 fully saturated rings. The summed E-state index contributed by atoms with van der Waals surface area (Å²) >= 11 is 0. The highest BCUT2D eigenvalue weighted by Crippen LogP contribution is 2.44. The summed E-state index contributed by atoms with van der Waals surface area (Å²) in [5.74, 6) is 5.19. The second-order valence-corrected chi connectivity index (χ2v) is 6.93. The average Bonchev–Trinajstić information content (AvgIpc) is 2.86. The van der Waals surface area contributed by atoms with E-state index < -0.39 is 0 Å². The summed E-state index contributed by atoms with van der Waals surface area (Å²) in [6.45, 7) is 0. The van der Waals surface area contributed by atoms with Crippen molar-refractivity contribution in [3.8, 4) is 51.7 Å². The number of methoxy groups -OCH3 is 3. The molecule has 168 valence electrons. The van der Waals surface area contributed by atoms with Crippen molar-refractivity contribution in [1.82, 2.24) is 0 Å². The first-order chi connectivity index (χ1) is 16.2. The fourth-order valence-corrected chi connectivity index (χ4v) is 3.12. The molecule has 0 radical (unpaired) electrons. The first kappa shape index (κ1) is 21.9. The Balaban J connectivity index is 1.73. The predicted octanol–water partition coefficient (Wildman–Crippen LogP) is 7.09. The molecule has 0 saturated heterocycles. The van der Waals surface area contributed by atoms with Gasteiger partial charge in [0.15, 0.2) is 11.5 Å². The fourth-order valence-electron chi connectivity index (χ4n) is 3.12. The van der Waals surface area contributed by atoms with Gasteiger partial charge in [0, 0.05) is 18.2 Å². The lowest BCUT2D eigenvalue weighted by Gasteiger charge is -2.17. The highest BCUT2D eigenvalue weighted by Gasteiger charge is 2.17. The molecule has 4 aromatic rings. The van der Waals surface area contributed by atoms with Crippen molar-refractivity contribution >= 4 is 0 Å². The van der Waals surface area contributed by atoms with E-state index in [2.05, 4.69) is 0 Å². The maximum atomic E-state index is 6.25. The van der Waals surface area contributed by atoms with Gasteiger partial charge < -0.3 is 28.4 Å². The van der Waals surface area contributed by atoms with Gasteiger partial charge in [0.1, 0.15) is 34.5 Å². The number of hydrogen-bond acceptors (Lipinski definition) is 6. The van der Waals surface area contributed by atoms with E-state index in [4.69, 9.17) is 28.4 Å². The normalized spacial score (nSPS) is 10.3. The number of rotatable bonds is 9. The number of ether oxygens (including phenoxy) is 6. The lowest BCUT2D eigenvalue weighted by molar-refractivity contribution is 0.376. The molecule has 0 aliphatic rings. The van der Waals surface area contributed by atoms with E-state index in [1.165, 1.54) is 0 Å². The summed E-state index contributed by atoms with van der Waals surface area (Å²) in [6.07, 6.45) is 0. The maximum Gasteiger partial charge on any atom is 0.212 e. The van der Waals surface area contributed by atoms with Crippen LogP contribution in [0.5, 0.6) is 51.7 Å². The second-order valence-electron chi connectivity index (χ2n) is 6.93. The molecule has 4 rings (SSSR count). The van der Waals surface area contributed by atoms with Crippen molar-refractivity contribution in [2.24, 2.45) is 0 Å². The standard InChI is InChI=1S/C27H24O6/c1-28-19-8-4-11-22(16-19)31-25-14-7-15-26(32-23-12-5-9-20(17-23)29-2)27(25)33-24-13-6-10-21(18-24)30-3/h4-18H,1-3H3. The molecule has 33 heavy (non-hydrogen) atoms. The Bertz CT molecular complexity index is 1150. The van der Waals surface area contributed by atoms with Gasteiger partial charge in [0.2, 0.25) is 5.75 Å². The van der Waals surface area contributed by atoms with Crippen LogP contribution in [0.1, 0.15) is 0 Å². The van der Waals surface area contributed by atoms with Crippen molar-refractivity contribution < 1.29 is 28.4 Å². The van der Waals surface area contributed by atoms with E-state index >= 15 is 0 Å². The first-order valence-electron chi connectivity index (χ1n) is 10.3. The van der Waals surface area contributed by atoms with Crippen molar-refractivity contribution in [2.75, 3.05) is 21.3 Å². The number of benzene rings is 4. The third-order valence-corrected chi connectivity index (χ3v) is 4.74. The monoisotopic (exact) mass is 444 g/mol. The molecule has 0 unspecified atom stereocenters. The zero-order chi connectivity index (χ0) is 23.0. The van der Waals surface area contributed by atoms with Gasteiger partial charge in [-0.1, -0.05) is 24.3 Å². The third-order valence-electron chi connectivity index (χ3n) is 4.74. The molecule has 0 atom stereocenters. The van der Waals surface area contributed by atoms with Crippen molar-refractivity contribution in [3.63, 3.8) is 0 Å². The van der Waals surface area contributed by atoms with Crippen LogP contribution >= 0.6 is 0 Å². The molecule has 6 nitrogen and oxygen atoms in total. The largest absolute Gasteiger partial charge is 0.497 e. The Hall–Kier alpha value is -4.32. The van der Waals surface area contributed by atoms with E-state index in [-0.39, 0.29) is 0 Å². The summed E-state index contributed by atoms with van der Waals surface area (Å²) in [4.78, 5) is 0. The molecule has 0 N–H and O–H groups in total. The topological polar surface area (TPSA) is 55.4 Å². The molecular weight excluding hydrogens is 420 g/mol. The van der Waals surface area contributed by atoms with Crippen LogP contribution in [-0.4, -0.2) is 21.3 Å². The Kier molecular flexibility index (Phi) is 6.85. The zero-order valence-electron chi connectivity index (χ0n) is 18.6. The summed E-state index contributed by atoms with van der Waals surface area (Å²) in [6, 6.07) is 27.5. The predicted molar refractivity (Wildman–Crippen MR) is 126 cm³/mol. The van der Waals surface area contributed by atoms with Gasteiger partial charge in [0.25, 0.3) is 0 Å². The van der Waals surface area contributed by atoms with E-state index in [0.717, 1.165) is 0 Å². The molecular formula is C27H24O6. The maximum absolute atomic E-state index is 6.25. The van der Waals surface area contributed by atoms with Gasteiger partial charge in [-0.3, -0.25) is 0 Å². The minimum absolute atomic E-state index is 0.413. The van der Waals surface area contributed by atoms with Gasteiger partial charge in [-0.05, 0) is 48.5 Å². The van der Waals surface area contributed by atoms with E-state index in [1.807, 2.05) is 72.8 Å². The third kappa shape index (κ3) is 5.49. The second kappa shape index (κ2) is 10.3. The molecule has 0 saturated carbocycles. The minimum atomic E-state index is 0.413. The summed E-state index contributed by atoms with van der Waals surface area (Å²) in [7, 11) is 4.83. The van der Waals surface area contributed by atoms with Gasteiger partial charge in [-0.2, -0.15) is 0 Å². The highest BCUT2D eigenvalue weighted by molar-refractivity contribution is 5.56. The van der Waals surface area contributed by atoms with E-state index in [9.17, 15) is 0 Å². The molecule has 0 spiro atoms. The van der Waals surface area contributed by atoms with Crippen LogP contribution in [0, 0.1) is 0 Å². The Morgan fingerprint density at radius 3 is 1.12 bits per heavy atom. The molecule has 0 aliphatic heterocycles. The summed E-state index contributed by atoms with van der Waals surface area (Å²) in [5, 5.41) is 0.